The van der Waals surface area contributed by atoms with Crippen LogP contribution < -0.4 is 5.56 Å². The molecule has 138 valence electrons. The number of aliphatic imine (C=N–C) groups is 1. The van der Waals surface area contributed by atoms with Gasteiger partial charge in [-0.05, 0) is 43.7 Å². The number of nitrogens with zero attached hydrogens (tertiary/aromatic N) is 3. The highest BCUT2D eigenvalue weighted by atomic mass is 16.5. The van der Waals surface area contributed by atoms with Crippen LogP contribution in [0.25, 0.3) is 0 Å². The quantitative estimate of drug-likeness (QED) is 0.481. The molecule has 2 rings (SSSR count). The number of carbonyl (C=O) groups is 1. The maximum Gasteiger partial charge on any atom is 0.338 e. The summed E-state index contributed by atoms with van der Waals surface area (Å²) in [7, 11) is 0. The van der Waals surface area contributed by atoms with Gasteiger partial charge in [-0.15, -0.1) is 6.58 Å². The summed E-state index contributed by atoms with van der Waals surface area (Å²) in [6.07, 6.45) is 2.83. The second-order valence-electron chi connectivity index (χ2n) is 5.58. The average Bonchev–Trinajstić information content (AvgIpc) is 2.66. The van der Waals surface area contributed by atoms with Crippen LogP contribution in [0.5, 0.6) is 5.88 Å². The Balaban J connectivity index is 2.43. The van der Waals surface area contributed by atoms with Gasteiger partial charge in [-0.1, -0.05) is 6.08 Å². The first kappa shape index (κ1) is 19.7. The topological polar surface area (TPSA) is 105 Å². The number of benzene rings is 1. The smallest absolute Gasteiger partial charge is 0.338 e. The first-order valence-corrected chi connectivity index (χ1v) is 8.23. The molecule has 0 fully saturated rings. The summed E-state index contributed by atoms with van der Waals surface area (Å²) >= 11 is 0. The third kappa shape index (κ3) is 4.12. The Labute approximate surface area is 156 Å². The van der Waals surface area contributed by atoms with Gasteiger partial charge in [0, 0.05) is 12.8 Å². The average molecular weight is 365 g/mol. The monoisotopic (exact) mass is 365 g/mol. The maximum atomic E-state index is 12.3. The van der Waals surface area contributed by atoms with Crippen LogP contribution in [0, 0.1) is 18.3 Å². The summed E-state index contributed by atoms with van der Waals surface area (Å²) in [4.78, 5) is 28.2. The molecule has 0 aliphatic carbocycles. The van der Waals surface area contributed by atoms with Gasteiger partial charge >= 0.3 is 5.97 Å². The van der Waals surface area contributed by atoms with Crippen molar-refractivity contribution in [3.8, 4) is 11.9 Å². The minimum atomic E-state index is -0.580. The molecule has 0 saturated carbocycles. The predicted octanol–water partition coefficient (Wildman–Crippen LogP) is 2.85. The number of pyridine rings is 1. The van der Waals surface area contributed by atoms with Gasteiger partial charge < -0.3 is 9.84 Å². The zero-order valence-corrected chi connectivity index (χ0v) is 15.1. The van der Waals surface area contributed by atoms with E-state index in [0.29, 0.717) is 23.4 Å². The Bertz CT molecular complexity index is 996. The largest absolute Gasteiger partial charge is 0.494 e. The molecule has 1 aromatic heterocycles. The lowest BCUT2D eigenvalue weighted by Gasteiger charge is -2.12. The van der Waals surface area contributed by atoms with Gasteiger partial charge in [-0.25, -0.2) is 4.79 Å². The summed E-state index contributed by atoms with van der Waals surface area (Å²) in [5.41, 5.74) is 0.898. The molecule has 0 spiro atoms. The number of allylic oxidation sites excluding steroid dienone is 1. The van der Waals surface area contributed by atoms with E-state index in [1.807, 2.05) is 6.07 Å². The van der Waals surface area contributed by atoms with Gasteiger partial charge in [-0.2, -0.15) is 5.26 Å². The van der Waals surface area contributed by atoms with E-state index in [0.717, 1.165) is 4.57 Å². The number of carbonyl (C=O) groups excluding carboxylic acids is 1. The number of aromatic hydroxyl groups is 1. The van der Waals surface area contributed by atoms with Crippen molar-refractivity contribution in [2.45, 2.75) is 20.4 Å². The lowest BCUT2D eigenvalue weighted by atomic mass is 10.1. The van der Waals surface area contributed by atoms with Crippen LogP contribution in [0.1, 0.15) is 34.0 Å². The van der Waals surface area contributed by atoms with Gasteiger partial charge in [0.2, 0.25) is 5.88 Å². The fourth-order valence-electron chi connectivity index (χ4n) is 2.46. The molecular weight excluding hydrogens is 346 g/mol. The fourth-order valence-corrected chi connectivity index (χ4v) is 2.46. The summed E-state index contributed by atoms with van der Waals surface area (Å²) in [6, 6.07) is 8.28. The zero-order chi connectivity index (χ0) is 20.0. The number of rotatable bonds is 6. The van der Waals surface area contributed by atoms with Crippen molar-refractivity contribution in [2.75, 3.05) is 6.61 Å². The second kappa shape index (κ2) is 8.63. The Morgan fingerprint density at radius 1 is 1.41 bits per heavy atom. The molecule has 7 nitrogen and oxygen atoms in total. The van der Waals surface area contributed by atoms with E-state index in [1.54, 1.807) is 38.1 Å². The van der Waals surface area contributed by atoms with Crippen LogP contribution in [-0.4, -0.2) is 28.5 Å². The lowest BCUT2D eigenvalue weighted by molar-refractivity contribution is 0.0526. The normalized spacial score (nSPS) is 10.6. The number of nitriles is 1. The van der Waals surface area contributed by atoms with E-state index in [1.165, 1.54) is 12.3 Å². The highest BCUT2D eigenvalue weighted by Crippen LogP contribution is 2.21. The molecule has 0 aliphatic rings. The molecule has 2 aromatic rings. The van der Waals surface area contributed by atoms with E-state index in [4.69, 9.17) is 4.74 Å². The molecule has 1 heterocycles. The third-order valence-electron chi connectivity index (χ3n) is 3.88. The van der Waals surface area contributed by atoms with Crippen molar-refractivity contribution in [1.29, 1.82) is 5.26 Å². The second-order valence-corrected chi connectivity index (χ2v) is 5.58. The summed E-state index contributed by atoms with van der Waals surface area (Å²) in [5.74, 6) is -0.708. The molecule has 0 atom stereocenters. The summed E-state index contributed by atoms with van der Waals surface area (Å²) in [6.45, 7) is 7.21. The van der Waals surface area contributed by atoms with Crippen LogP contribution >= 0.6 is 0 Å². The highest BCUT2D eigenvalue weighted by molar-refractivity contribution is 5.90. The fraction of sp³-hybridized carbons (Fsp3) is 0.200. The molecule has 0 unspecified atom stereocenters. The van der Waals surface area contributed by atoms with Crippen molar-refractivity contribution in [1.82, 2.24) is 4.57 Å². The summed E-state index contributed by atoms with van der Waals surface area (Å²) in [5, 5.41) is 19.7. The van der Waals surface area contributed by atoms with Crippen molar-refractivity contribution in [3.05, 3.63) is 69.5 Å². The number of hydrogen-bond donors (Lipinski definition) is 1. The molecule has 0 aliphatic heterocycles. The molecule has 0 radical (unpaired) electrons. The Morgan fingerprint density at radius 3 is 2.63 bits per heavy atom. The van der Waals surface area contributed by atoms with Gasteiger partial charge in [-0.3, -0.25) is 14.4 Å². The van der Waals surface area contributed by atoms with E-state index in [-0.39, 0.29) is 23.6 Å². The number of esters is 1. The van der Waals surface area contributed by atoms with Crippen LogP contribution in [0.15, 0.2) is 46.7 Å². The van der Waals surface area contributed by atoms with E-state index >= 15 is 0 Å². The molecule has 27 heavy (non-hydrogen) atoms. The molecule has 7 heteroatoms. The molecular formula is C20H19N3O4. The van der Waals surface area contributed by atoms with Crippen molar-refractivity contribution in [2.24, 2.45) is 4.99 Å². The Kier molecular flexibility index (Phi) is 6.28. The van der Waals surface area contributed by atoms with E-state index in [9.17, 15) is 20.0 Å². The standard InChI is InChI=1S/C20H19N3O4/c1-4-10-23-18(24)16(11-21)13(3)17(19(23)25)12-22-15-8-6-14(7-9-15)20(26)27-5-2/h4,6-9,12,25H,1,5,10H2,2-3H3. The maximum absolute atomic E-state index is 12.3. The van der Waals surface area contributed by atoms with Crippen LogP contribution in [-0.2, 0) is 11.3 Å². The number of ether oxygens (including phenoxy) is 1. The number of aromatic nitrogens is 1. The van der Waals surface area contributed by atoms with E-state index in [2.05, 4.69) is 11.6 Å². The van der Waals surface area contributed by atoms with Gasteiger partial charge in [0.1, 0.15) is 11.6 Å². The van der Waals surface area contributed by atoms with E-state index < -0.39 is 11.5 Å². The molecule has 1 N–H and O–H groups in total. The number of hydrogen-bond acceptors (Lipinski definition) is 6. The molecule has 1 aromatic carbocycles. The molecule has 0 amide bonds. The third-order valence-corrected chi connectivity index (χ3v) is 3.88. The zero-order valence-electron chi connectivity index (χ0n) is 15.1. The van der Waals surface area contributed by atoms with Gasteiger partial charge in [0.25, 0.3) is 5.56 Å². The first-order chi connectivity index (χ1) is 12.9. The lowest BCUT2D eigenvalue weighted by Crippen LogP contribution is -2.24. The van der Waals surface area contributed by atoms with Gasteiger partial charge in [0.15, 0.2) is 0 Å². The minimum Gasteiger partial charge on any atom is -0.494 e. The predicted molar refractivity (Wildman–Crippen MR) is 102 cm³/mol. The SMILES string of the molecule is C=CCn1c(O)c(C=Nc2ccc(C(=O)OCC)cc2)c(C)c(C#N)c1=O. The molecule has 0 bridgehead atoms. The van der Waals surface area contributed by atoms with Crippen LogP contribution in [0.4, 0.5) is 5.69 Å². The Hall–Kier alpha value is -3.66. The van der Waals surface area contributed by atoms with Crippen molar-refractivity contribution >= 4 is 17.9 Å². The highest BCUT2D eigenvalue weighted by Gasteiger charge is 2.17. The summed E-state index contributed by atoms with van der Waals surface area (Å²) < 4.78 is 5.98. The molecule has 0 saturated heterocycles. The van der Waals surface area contributed by atoms with Crippen LogP contribution in [0.2, 0.25) is 0 Å². The minimum absolute atomic E-state index is 0.0613. The van der Waals surface area contributed by atoms with Crippen molar-refractivity contribution < 1.29 is 14.6 Å². The van der Waals surface area contributed by atoms with Gasteiger partial charge in [0.05, 0.1) is 23.4 Å². The Morgan fingerprint density at radius 2 is 2.07 bits per heavy atom. The first-order valence-electron chi connectivity index (χ1n) is 8.23. The van der Waals surface area contributed by atoms with Crippen LogP contribution in [0.3, 0.4) is 0 Å². The van der Waals surface area contributed by atoms with Crippen molar-refractivity contribution in [3.63, 3.8) is 0 Å².